The van der Waals surface area contributed by atoms with E-state index in [-0.39, 0.29) is 11.3 Å². The van der Waals surface area contributed by atoms with Crippen LogP contribution in [0.4, 0.5) is 0 Å². The minimum Gasteiger partial charge on any atom is -0.422 e. The van der Waals surface area contributed by atoms with Crippen LogP contribution in [0.2, 0.25) is 0 Å². The highest BCUT2D eigenvalue weighted by molar-refractivity contribution is 14.1. The van der Waals surface area contributed by atoms with Crippen LogP contribution in [0.15, 0.2) is 36.0 Å². The molecule has 0 fully saturated rings. The molecule has 0 bridgehead atoms. The smallest absolute Gasteiger partial charge is 0.365 e. The largest absolute Gasteiger partial charge is 0.422 e. The van der Waals surface area contributed by atoms with E-state index in [1.54, 1.807) is 49.6 Å². The number of nitriles is 2. The lowest BCUT2D eigenvalue weighted by Crippen LogP contribution is -2.11. The Balaban J connectivity index is 2.14. The Labute approximate surface area is 140 Å². The SMILES string of the molecule is Cn1cc(I)c(C(=O)Oc2ccc(C=C(C#N)C#N)cc2)n1. The first-order chi connectivity index (χ1) is 10.5. The molecule has 0 spiro atoms. The van der Waals surface area contributed by atoms with Crippen molar-refractivity contribution < 1.29 is 9.53 Å². The highest BCUT2D eigenvalue weighted by atomic mass is 127. The quantitative estimate of drug-likeness (QED) is 0.340. The van der Waals surface area contributed by atoms with Gasteiger partial charge < -0.3 is 4.74 Å². The average molecular weight is 404 g/mol. The molecule has 0 radical (unpaired) electrons. The van der Waals surface area contributed by atoms with Gasteiger partial charge in [0.25, 0.3) is 0 Å². The van der Waals surface area contributed by atoms with Crippen LogP contribution in [0.3, 0.4) is 0 Å². The first-order valence-electron chi connectivity index (χ1n) is 6.06. The van der Waals surface area contributed by atoms with Crippen molar-refractivity contribution in [3.63, 3.8) is 0 Å². The van der Waals surface area contributed by atoms with Gasteiger partial charge in [0.15, 0.2) is 5.69 Å². The second-order valence-corrected chi connectivity index (χ2v) is 5.40. The van der Waals surface area contributed by atoms with Gasteiger partial charge in [-0.3, -0.25) is 4.68 Å². The number of aromatic nitrogens is 2. The second kappa shape index (κ2) is 6.87. The molecule has 2 aromatic rings. The summed E-state index contributed by atoms with van der Waals surface area (Å²) >= 11 is 2.01. The van der Waals surface area contributed by atoms with E-state index in [0.717, 1.165) is 0 Å². The first-order valence-corrected chi connectivity index (χ1v) is 7.14. The standard InChI is InChI=1S/C15H9IN4O2/c1-20-9-13(16)14(19-20)15(21)22-12-4-2-10(3-5-12)6-11(7-17)8-18/h2-6,9H,1H3. The minimum atomic E-state index is -0.539. The topological polar surface area (TPSA) is 91.7 Å². The number of hydrogen-bond acceptors (Lipinski definition) is 5. The van der Waals surface area contributed by atoms with E-state index in [1.807, 2.05) is 22.6 Å². The van der Waals surface area contributed by atoms with Gasteiger partial charge in [-0.25, -0.2) is 4.79 Å². The summed E-state index contributed by atoms with van der Waals surface area (Å²) < 4.78 is 7.48. The molecule has 0 N–H and O–H groups in total. The number of hydrogen-bond donors (Lipinski definition) is 0. The first kappa shape index (κ1) is 15.7. The molecule has 22 heavy (non-hydrogen) atoms. The summed E-state index contributed by atoms with van der Waals surface area (Å²) in [6, 6.07) is 10.0. The molecule has 7 heteroatoms. The molecule has 0 aliphatic heterocycles. The Morgan fingerprint density at radius 2 is 1.95 bits per heavy atom. The molecule has 0 amide bonds. The molecule has 0 atom stereocenters. The molecule has 1 aromatic carbocycles. The summed E-state index contributed by atoms with van der Waals surface area (Å²) in [5, 5.41) is 21.4. The maximum atomic E-state index is 12.0. The fourth-order valence-corrected chi connectivity index (χ4v) is 2.37. The number of nitrogens with zero attached hydrogens (tertiary/aromatic N) is 4. The maximum Gasteiger partial charge on any atom is 0.365 e. The van der Waals surface area contributed by atoms with E-state index in [4.69, 9.17) is 15.3 Å². The van der Waals surface area contributed by atoms with Gasteiger partial charge in [-0.05, 0) is 46.4 Å². The third-order valence-electron chi connectivity index (χ3n) is 2.62. The number of rotatable bonds is 3. The van der Waals surface area contributed by atoms with Crippen molar-refractivity contribution in [1.82, 2.24) is 9.78 Å². The summed E-state index contributed by atoms with van der Waals surface area (Å²) in [5.41, 5.74) is 0.932. The predicted octanol–water partition coefficient (Wildman–Crippen LogP) is 2.67. The molecule has 0 saturated heterocycles. The molecule has 0 aliphatic rings. The van der Waals surface area contributed by atoms with Crippen LogP contribution in [0.25, 0.3) is 6.08 Å². The van der Waals surface area contributed by atoms with Gasteiger partial charge in [0.05, 0.1) is 3.57 Å². The molecule has 2 rings (SSSR count). The molecule has 0 saturated carbocycles. The summed E-state index contributed by atoms with van der Waals surface area (Å²) in [6.45, 7) is 0. The summed E-state index contributed by atoms with van der Waals surface area (Å²) in [6.07, 6.45) is 3.17. The maximum absolute atomic E-state index is 12.0. The van der Waals surface area contributed by atoms with E-state index < -0.39 is 5.97 Å². The molecule has 1 heterocycles. The third kappa shape index (κ3) is 3.71. The van der Waals surface area contributed by atoms with Crippen LogP contribution < -0.4 is 4.74 Å². The van der Waals surface area contributed by atoms with Gasteiger partial charge in [-0.2, -0.15) is 15.6 Å². The number of ether oxygens (including phenoxy) is 1. The number of carbonyl (C=O) groups excluding carboxylic acids is 1. The molecular weight excluding hydrogens is 395 g/mol. The van der Waals surface area contributed by atoms with E-state index in [2.05, 4.69) is 5.10 Å². The van der Waals surface area contributed by atoms with Crippen LogP contribution in [0, 0.1) is 26.2 Å². The molecule has 0 aliphatic carbocycles. The van der Waals surface area contributed by atoms with Crippen LogP contribution >= 0.6 is 22.6 Å². The fraction of sp³-hybridized carbons (Fsp3) is 0.0667. The number of esters is 1. The zero-order chi connectivity index (χ0) is 16.1. The number of aryl methyl sites for hydroxylation is 1. The van der Waals surface area contributed by atoms with E-state index >= 15 is 0 Å². The van der Waals surface area contributed by atoms with E-state index in [0.29, 0.717) is 14.9 Å². The second-order valence-electron chi connectivity index (χ2n) is 4.24. The zero-order valence-corrected chi connectivity index (χ0v) is 13.6. The Kier molecular flexibility index (Phi) is 4.92. The van der Waals surface area contributed by atoms with Crippen LogP contribution in [-0.4, -0.2) is 15.7 Å². The lowest BCUT2D eigenvalue weighted by atomic mass is 10.1. The van der Waals surface area contributed by atoms with Crippen LogP contribution in [-0.2, 0) is 7.05 Å². The molecular formula is C15H9IN4O2. The van der Waals surface area contributed by atoms with Crippen LogP contribution in [0.5, 0.6) is 5.75 Å². The normalized spacial score (nSPS) is 9.45. The van der Waals surface area contributed by atoms with Crippen molar-refractivity contribution in [1.29, 1.82) is 10.5 Å². The number of allylic oxidation sites excluding steroid dienone is 1. The number of halogens is 1. The van der Waals surface area contributed by atoms with Gasteiger partial charge in [-0.15, -0.1) is 0 Å². The summed E-state index contributed by atoms with van der Waals surface area (Å²) in [4.78, 5) is 12.0. The van der Waals surface area contributed by atoms with Crippen molar-refractivity contribution in [2.45, 2.75) is 0 Å². The highest BCUT2D eigenvalue weighted by Gasteiger charge is 2.16. The molecule has 6 nitrogen and oxygen atoms in total. The summed E-state index contributed by atoms with van der Waals surface area (Å²) in [5.74, 6) is -0.179. The Bertz CT molecular complexity index is 807. The van der Waals surface area contributed by atoms with Crippen molar-refractivity contribution in [3.8, 4) is 17.9 Å². The minimum absolute atomic E-state index is 0.00721. The van der Waals surface area contributed by atoms with Gasteiger partial charge >= 0.3 is 5.97 Å². The lowest BCUT2D eigenvalue weighted by Gasteiger charge is -2.03. The number of carbonyl (C=O) groups is 1. The van der Waals surface area contributed by atoms with E-state index in [9.17, 15) is 4.79 Å². The Hall–Kier alpha value is -2.65. The molecule has 108 valence electrons. The van der Waals surface area contributed by atoms with Crippen molar-refractivity contribution in [2.75, 3.05) is 0 Å². The average Bonchev–Trinajstić information content (AvgIpc) is 2.85. The Morgan fingerprint density at radius 3 is 2.45 bits per heavy atom. The number of benzene rings is 1. The van der Waals surface area contributed by atoms with Crippen molar-refractivity contribution in [3.05, 3.63) is 50.9 Å². The third-order valence-corrected chi connectivity index (χ3v) is 3.41. The van der Waals surface area contributed by atoms with Gasteiger partial charge in [0.1, 0.15) is 23.5 Å². The molecule has 1 aromatic heterocycles. The van der Waals surface area contributed by atoms with Crippen molar-refractivity contribution in [2.24, 2.45) is 7.05 Å². The Morgan fingerprint density at radius 1 is 1.32 bits per heavy atom. The lowest BCUT2D eigenvalue weighted by molar-refractivity contribution is 0.0726. The van der Waals surface area contributed by atoms with Crippen LogP contribution in [0.1, 0.15) is 16.1 Å². The van der Waals surface area contributed by atoms with Gasteiger partial charge in [-0.1, -0.05) is 12.1 Å². The molecule has 0 unspecified atom stereocenters. The van der Waals surface area contributed by atoms with Gasteiger partial charge in [0, 0.05) is 13.2 Å². The van der Waals surface area contributed by atoms with Crippen molar-refractivity contribution >= 4 is 34.6 Å². The van der Waals surface area contributed by atoms with Gasteiger partial charge in [0.2, 0.25) is 0 Å². The van der Waals surface area contributed by atoms with E-state index in [1.165, 1.54) is 10.8 Å². The zero-order valence-electron chi connectivity index (χ0n) is 11.4. The highest BCUT2D eigenvalue weighted by Crippen LogP contribution is 2.17. The monoisotopic (exact) mass is 404 g/mol. The summed E-state index contributed by atoms with van der Waals surface area (Å²) in [7, 11) is 1.72. The fourth-order valence-electron chi connectivity index (χ4n) is 1.64. The predicted molar refractivity (Wildman–Crippen MR) is 86.5 cm³/mol.